The van der Waals surface area contributed by atoms with E-state index in [1.54, 1.807) is 0 Å². The molecule has 1 aliphatic carbocycles. The highest BCUT2D eigenvalue weighted by molar-refractivity contribution is 14.0. The lowest BCUT2D eigenvalue weighted by Gasteiger charge is -2.31. The third-order valence-corrected chi connectivity index (χ3v) is 4.05. The van der Waals surface area contributed by atoms with E-state index in [0.717, 1.165) is 6.54 Å². The van der Waals surface area contributed by atoms with Crippen LogP contribution < -0.4 is 11.1 Å². The molecular formula is C14H31IN4. The summed E-state index contributed by atoms with van der Waals surface area (Å²) in [5.74, 6) is 0.608. The maximum Gasteiger partial charge on any atom is 0.188 e. The number of aliphatic imine (C=N–C) groups is 1. The molecule has 0 aromatic rings. The Morgan fingerprint density at radius 2 is 1.74 bits per heavy atom. The van der Waals surface area contributed by atoms with Crippen LogP contribution in [-0.2, 0) is 0 Å². The number of hydrogen-bond donors (Lipinski definition) is 2. The molecule has 0 aromatic heterocycles. The lowest BCUT2D eigenvalue weighted by Crippen LogP contribution is -2.44. The Balaban J connectivity index is 0.00000324. The molecule has 3 N–H and O–H groups in total. The number of nitrogens with two attached hydrogens (primary N) is 1. The van der Waals surface area contributed by atoms with Crippen LogP contribution in [0.2, 0.25) is 0 Å². The van der Waals surface area contributed by atoms with Gasteiger partial charge in [0.15, 0.2) is 5.96 Å². The van der Waals surface area contributed by atoms with Crippen LogP contribution in [0.25, 0.3) is 0 Å². The number of nitrogens with one attached hydrogen (secondary N) is 1. The van der Waals surface area contributed by atoms with Crippen molar-refractivity contribution in [2.45, 2.75) is 64.0 Å². The van der Waals surface area contributed by atoms with Crippen LogP contribution in [0.15, 0.2) is 4.99 Å². The standard InChI is InChI=1S/C14H30N4.HI/c1-14(2,18(3)4)11-16-13(15)17-12-9-7-5-6-8-10-12;/h12H,5-11H2,1-4H3,(H3,15,16,17);1H. The van der Waals surface area contributed by atoms with Crippen LogP contribution in [0.3, 0.4) is 0 Å². The molecule has 0 unspecified atom stereocenters. The molecular weight excluding hydrogens is 351 g/mol. The number of rotatable bonds is 4. The van der Waals surface area contributed by atoms with Gasteiger partial charge in [-0.2, -0.15) is 0 Å². The van der Waals surface area contributed by atoms with Crippen molar-refractivity contribution in [1.82, 2.24) is 10.2 Å². The van der Waals surface area contributed by atoms with Crippen LogP contribution in [0.4, 0.5) is 0 Å². The number of likely N-dealkylation sites (N-methyl/N-ethyl adjacent to an activating group) is 1. The summed E-state index contributed by atoms with van der Waals surface area (Å²) in [5, 5.41) is 3.38. The normalized spacial score (nSPS) is 18.9. The maximum absolute atomic E-state index is 5.98. The molecule has 0 heterocycles. The molecule has 0 saturated heterocycles. The zero-order valence-electron chi connectivity index (χ0n) is 12.9. The quantitative estimate of drug-likeness (QED) is 0.340. The Kier molecular flexibility index (Phi) is 8.98. The van der Waals surface area contributed by atoms with Gasteiger partial charge < -0.3 is 16.0 Å². The van der Waals surface area contributed by atoms with E-state index in [2.05, 4.69) is 43.2 Å². The van der Waals surface area contributed by atoms with Gasteiger partial charge in [0.2, 0.25) is 0 Å². The number of halogens is 1. The van der Waals surface area contributed by atoms with Crippen LogP contribution in [-0.4, -0.2) is 43.1 Å². The molecule has 114 valence electrons. The first-order valence-electron chi connectivity index (χ1n) is 7.16. The Bertz CT molecular complexity index is 269. The van der Waals surface area contributed by atoms with Crippen molar-refractivity contribution in [3.05, 3.63) is 0 Å². The average Bonchev–Trinajstić information content (AvgIpc) is 2.55. The van der Waals surface area contributed by atoms with E-state index in [4.69, 9.17) is 5.73 Å². The monoisotopic (exact) mass is 382 g/mol. The van der Waals surface area contributed by atoms with Gasteiger partial charge in [0.05, 0.1) is 6.54 Å². The van der Waals surface area contributed by atoms with Crippen molar-refractivity contribution in [2.24, 2.45) is 10.7 Å². The van der Waals surface area contributed by atoms with E-state index in [1.165, 1.54) is 38.5 Å². The van der Waals surface area contributed by atoms with Crippen LogP contribution in [0.5, 0.6) is 0 Å². The minimum atomic E-state index is 0. The summed E-state index contributed by atoms with van der Waals surface area (Å²) >= 11 is 0. The molecule has 1 fully saturated rings. The second kappa shape index (κ2) is 9.00. The number of guanidine groups is 1. The van der Waals surface area contributed by atoms with E-state index in [9.17, 15) is 0 Å². The topological polar surface area (TPSA) is 53.6 Å². The molecule has 1 saturated carbocycles. The smallest absolute Gasteiger partial charge is 0.188 e. The van der Waals surface area contributed by atoms with Crippen molar-refractivity contribution < 1.29 is 0 Å². The van der Waals surface area contributed by atoms with Gasteiger partial charge in [-0.15, -0.1) is 24.0 Å². The lowest BCUT2D eigenvalue weighted by molar-refractivity contribution is 0.205. The lowest BCUT2D eigenvalue weighted by atomic mass is 10.1. The molecule has 0 atom stereocenters. The van der Waals surface area contributed by atoms with Crippen molar-refractivity contribution >= 4 is 29.9 Å². The zero-order chi connectivity index (χ0) is 13.6. The molecule has 0 bridgehead atoms. The second-order valence-electron chi connectivity index (χ2n) is 6.24. The fraction of sp³-hybridized carbons (Fsp3) is 0.929. The van der Waals surface area contributed by atoms with E-state index in [0.29, 0.717) is 12.0 Å². The molecule has 0 aromatic carbocycles. The van der Waals surface area contributed by atoms with E-state index < -0.39 is 0 Å². The van der Waals surface area contributed by atoms with Gasteiger partial charge in [0, 0.05) is 11.6 Å². The predicted molar refractivity (Wildman–Crippen MR) is 94.3 cm³/mol. The van der Waals surface area contributed by atoms with Crippen molar-refractivity contribution in [3.8, 4) is 0 Å². The fourth-order valence-corrected chi connectivity index (χ4v) is 2.10. The Labute approximate surface area is 135 Å². The van der Waals surface area contributed by atoms with Gasteiger partial charge >= 0.3 is 0 Å². The first kappa shape index (κ1) is 19.0. The summed E-state index contributed by atoms with van der Waals surface area (Å²) in [5.41, 5.74) is 6.03. The minimum absolute atomic E-state index is 0. The molecule has 0 aliphatic heterocycles. The summed E-state index contributed by atoms with van der Waals surface area (Å²) in [6.45, 7) is 5.08. The summed E-state index contributed by atoms with van der Waals surface area (Å²) in [6.07, 6.45) is 7.81. The molecule has 1 rings (SSSR count). The number of nitrogens with zero attached hydrogens (tertiary/aromatic N) is 2. The van der Waals surface area contributed by atoms with Crippen LogP contribution in [0, 0.1) is 0 Å². The van der Waals surface area contributed by atoms with Crippen LogP contribution in [0.1, 0.15) is 52.4 Å². The Morgan fingerprint density at radius 1 is 1.21 bits per heavy atom. The third kappa shape index (κ3) is 7.34. The molecule has 4 nitrogen and oxygen atoms in total. The first-order valence-corrected chi connectivity index (χ1v) is 7.16. The van der Waals surface area contributed by atoms with Gasteiger partial charge in [0.25, 0.3) is 0 Å². The SMILES string of the molecule is CN(C)C(C)(C)CN=C(N)NC1CCCCCC1.I. The molecule has 0 spiro atoms. The fourth-order valence-electron chi connectivity index (χ4n) is 2.10. The molecule has 19 heavy (non-hydrogen) atoms. The molecule has 1 aliphatic rings. The van der Waals surface area contributed by atoms with Gasteiger partial charge in [-0.1, -0.05) is 25.7 Å². The van der Waals surface area contributed by atoms with Crippen molar-refractivity contribution in [1.29, 1.82) is 0 Å². The summed E-state index contributed by atoms with van der Waals surface area (Å²) < 4.78 is 0. The van der Waals surface area contributed by atoms with Crippen molar-refractivity contribution in [3.63, 3.8) is 0 Å². The predicted octanol–water partition coefficient (Wildman–Crippen LogP) is 2.57. The Hall–Kier alpha value is -0.0400. The van der Waals surface area contributed by atoms with Gasteiger partial charge in [0.1, 0.15) is 0 Å². The third-order valence-electron chi connectivity index (χ3n) is 4.05. The zero-order valence-corrected chi connectivity index (χ0v) is 15.2. The summed E-state index contributed by atoms with van der Waals surface area (Å²) in [7, 11) is 4.15. The summed E-state index contributed by atoms with van der Waals surface area (Å²) in [4.78, 5) is 6.66. The van der Waals surface area contributed by atoms with Gasteiger partial charge in [-0.05, 0) is 40.8 Å². The van der Waals surface area contributed by atoms with Gasteiger partial charge in [-0.3, -0.25) is 4.99 Å². The Morgan fingerprint density at radius 3 is 2.21 bits per heavy atom. The van der Waals surface area contributed by atoms with E-state index in [1.807, 2.05) is 0 Å². The van der Waals surface area contributed by atoms with Gasteiger partial charge in [-0.25, -0.2) is 0 Å². The maximum atomic E-state index is 5.98. The highest BCUT2D eigenvalue weighted by Gasteiger charge is 2.20. The molecule has 5 heteroatoms. The van der Waals surface area contributed by atoms with E-state index in [-0.39, 0.29) is 29.5 Å². The second-order valence-corrected chi connectivity index (χ2v) is 6.24. The first-order chi connectivity index (χ1) is 8.42. The molecule has 0 radical (unpaired) electrons. The number of hydrogen-bond acceptors (Lipinski definition) is 2. The highest BCUT2D eigenvalue weighted by Crippen LogP contribution is 2.17. The molecule has 0 amide bonds. The minimum Gasteiger partial charge on any atom is -0.370 e. The highest BCUT2D eigenvalue weighted by atomic mass is 127. The summed E-state index contributed by atoms with van der Waals surface area (Å²) in [6, 6.07) is 0.527. The van der Waals surface area contributed by atoms with E-state index >= 15 is 0 Å². The van der Waals surface area contributed by atoms with Crippen molar-refractivity contribution in [2.75, 3.05) is 20.6 Å². The van der Waals surface area contributed by atoms with Crippen LogP contribution >= 0.6 is 24.0 Å². The average molecular weight is 382 g/mol. The largest absolute Gasteiger partial charge is 0.370 e.